The number of amides is 1. The molecule has 2 aromatic carbocycles. The Hall–Kier alpha value is -2.47. The third kappa shape index (κ3) is 3.84. The molecule has 1 heterocycles. The largest absolute Gasteiger partial charge is 0.467 e. The first kappa shape index (κ1) is 15.4. The van der Waals surface area contributed by atoms with Crippen molar-refractivity contribution < 1.29 is 9.53 Å². The predicted octanol–water partition coefficient (Wildman–Crippen LogP) is 3.72. The standard InChI is InChI=1S/C17H14BrN3O2/c1-11-3-2-4-13(7-11)21-16(22)9-23-17-14-8-12(18)5-6-15(14)19-10-20-17/h2-8,10H,9H2,1H3,(H,21,22). The molecule has 0 spiro atoms. The van der Waals surface area contributed by atoms with Crippen LogP contribution in [0.2, 0.25) is 0 Å². The minimum Gasteiger partial charge on any atom is -0.467 e. The van der Waals surface area contributed by atoms with Gasteiger partial charge >= 0.3 is 0 Å². The molecule has 1 N–H and O–H groups in total. The van der Waals surface area contributed by atoms with Gasteiger partial charge in [-0.1, -0.05) is 28.1 Å². The molecule has 0 atom stereocenters. The van der Waals surface area contributed by atoms with Crippen molar-refractivity contribution in [3.63, 3.8) is 0 Å². The zero-order chi connectivity index (χ0) is 16.2. The zero-order valence-corrected chi connectivity index (χ0v) is 14.0. The number of halogens is 1. The third-order valence-corrected chi connectivity index (χ3v) is 3.70. The van der Waals surface area contributed by atoms with E-state index >= 15 is 0 Å². The predicted molar refractivity (Wildman–Crippen MR) is 92.5 cm³/mol. The zero-order valence-electron chi connectivity index (χ0n) is 12.4. The van der Waals surface area contributed by atoms with Crippen molar-refractivity contribution in [2.24, 2.45) is 0 Å². The second kappa shape index (κ2) is 6.75. The molecule has 0 aliphatic carbocycles. The first-order chi connectivity index (χ1) is 11.1. The summed E-state index contributed by atoms with van der Waals surface area (Å²) in [6.07, 6.45) is 1.42. The van der Waals surface area contributed by atoms with Crippen LogP contribution in [0.1, 0.15) is 5.56 Å². The van der Waals surface area contributed by atoms with Crippen LogP contribution in [-0.4, -0.2) is 22.5 Å². The van der Waals surface area contributed by atoms with Crippen molar-refractivity contribution in [2.45, 2.75) is 6.92 Å². The van der Waals surface area contributed by atoms with Crippen LogP contribution in [0.25, 0.3) is 10.9 Å². The van der Waals surface area contributed by atoms with Gasteiger partial charge in [-0.25, -0.2) is 9.97 Å². The van der Waals surface area contributed by atoms with Crippen LogP contribution in [0.15, 0.2) is 53.3 Å². The Balaban J connectivity index is 1.71. The van der Waals surface area contributed by atoms with E-state index in [0.29, 0.717) is 5.88 Å². The van der Waals surface area contributed by atoms with Gasteiger partial charge in [0.2, 0.25) is 5.88 Å². The number of ether oxygens (including phenoxy) is 1. The number of aryl methyl sites for hydroxylation is 1. The van der Waals surface area contributed by atoms with Gasteiger partial charge in [0.25, 0.3) is 5.91 Å². The fraction of sp³-hybridized carbons (Fsp3) is 0.118. The molecule has 0 radical (unpaired) electrons. The number of aromatic nitrogens is 2. The van der Waals surface area contributed by atoms with Gasteiger partial charge in [0.15, 0.2) is 6.61 Å². The average molecular weight is 372 g/mol. The summed E-state index contributed by atoms with van der Waals surface area (Å²) in [6, 6.07) is 13.2. The van der Waals surface area contributed by atoms with E-state index in [2.05, 4.69) is 31.2 Å². The van der Waals surface area contributed by atoms with Gasteiger partial charge in [0.05, 0.1) is 10.9 Å². The molecule has 0 fully saturated rings. The number of nitrogens with zero attached hydrogens (tertiary/aromatic N) is 2. The highest BCUT2D eigenvalue weighted by atomic mass is 79.9. The van der Waals surface area contributed by atoms with E-state index in [1.165, 1.54) is 6.33 Å². The van der Waals surface area contributed by atoms with E-state index in [4.69, 9.17) is 4.74 Å². The highest BCUT2D eigenvalue weighted by Crippen LogP contribution is 2.24. The quantitative estimate of drug-likeness (QED) is 0.758. The molecule has 0 aliphatic rings. The number of rotatable bonds is 4. The Bertz CT molecular complexity index is 867. The monoisotopic (exact) mass is 371 g/mol. The van der Waals surface area contributed by atoms with Crippen LogP contribution in [0.4, 0.5) is 5.69 Å². The molecule has 1 amide bonds. The molecular weight excluding hydrogens is 358 g/mol. The maximum atomic E-state index is 12.0. The Kier molecular flexibility index (Phi) is 4.52. The first-order valence-corrected chi connectivity index (χ1v) is 7.81. The summed E-state index contributed by atoms with van der Waals surface area (Å²) in [5, 5.41) is 3.55. The molecular formula is C17H14BrN3O2. The Morgan fingerprint density at radius 3 is 2.91 bits per heavy atom. The summed E-state index contributed by atoms with van der Waals surface area (Å²) in [5.41, 5.74) is 2.58. The van der Waals surface area contributed by atoms with Crippen LogP contribution < -0.4 is 10.1 Å². The van der Waals surface area contributed by atoms with Crippen LogP contribution in [-0.2, 0) is 4.79 Å². The molecule has 0 saturated heterocycles. The Morgan fingerprint density at radius 1 is 1.22 bits per heavy atom. The molecule has 5 nitrogen and oxygen atoms in total. The van der Waals surface area contributed by atoms with Crippen molar-refractivity contribution in [1.82, 2.24) is 9.97 Å². The second-order valence-corrected chi connectivity index (χ2v) is 5.96. The number of benzene rings is 2. The highest BCUT2D eigenvalue weighted by Gasteiger charge is 2.09. The van der Waals surface area contributed by atoms with Crippen molar-refractivity contribution in [3.05, 3.63) is 58.8 Å². The van der Waals surface area contributed by atoms with Gasteiger partial charge in [0.1, 0.15) is 6.33 Å². The van der Waals surface area contributed by atoms with Gasteiger partial charge < -0.3 is 10.1 Å². The lowest BCUT2D eigenvalue weighted by atomic mass is 10.2. The summed E-state index contributed by atoms with van der Waals surface area (Å²) < 4.78 is 6.45. The lowest BCUT2D eigenvalue weighted by molar-refractivity contribution is -0.118. The fourth-order valence-corrected chi connectivity index (χ4v) is 2.54. The van der Waals surface area contributed by atoms with E-state index in [1.807, 2.05) is 49.4 Å². The topological polar surface area (TPSA) is 64.1 Å². The fourth-order valence-electron chi connectivity index (χ4n) is 2.17. The lowest BCUT2D eigenvalue weighted by Gasteiger charge is -2.09. The molecule has 0 bridgehead atoms. The van der Waals surface area contributed by atoms with Gasteiger partial charge in [-0.2, -0.15) is 0 Å². The normalized spacial score (nSPS) is 10.5. The summed E-state index contributed by atoms with van der Waals surface area (Å²) in [4.78, 5) is 20.3. The number of anilines is 1. The van der Waals surface area contributed by atoms with E-state index in [9.17, 15) is 4.79 Å². The minimum absolute atomic E-state index is 0.118. The van der Waals surface area contributed by atoms with E-state index in [1.54, 1.807) is 0 Å². The lowest BCUT2D eigenvalue weighted by Crippen LogP contribution is -2.20. The second-order valence-electron chi connectivity index (χ2n) is 5.05. The summed E-state index contributed by atoms with van der Waals surface area (Å²) in [6.45, 7) is 1.85. The molecule has 116 valence electrons. The number of fused-ring (bicyclic) bond motifs is 1. The van der Waals surface area contributed by atoms with E-state index in [0.717, 1.165) is 26.6 Å². The maximum Gasteiger partial charge on any atom is 0.262 e. The smallest absolute Gasteiger partial charge is 0.262 e. The van der Waals surface area contributed by atoms with Gasteiger partial charge in [0, 0.05) is 10.2 Å². The summed E-state index contributed by atoms with van der Waals surface area (Å²) >= 11 is 3.41. The molecule has 1 aromatic heterocycles. The van der Waals surface area contributed by atoms with Crippen molar-refractivity contribution in [3.8, 4) is 5.88 Å². The average Bonchev–Trinajstić information content (AvgIpc) is 2.53. The number of hydrogen-bond donors (Lipinski definition) is 1. The highest BCUT2D eigenvalue weighted by molar-refractivity contribution is 9.10. The first-order valence-electron chi connectivity index (χ1n) is 7.01. The van der Waals surface area contributed by atoms with Crippen LogP contribution >= 0.6 is 15.9 Å². The van der Waals surface area contributed by atoms with Crippen molar-refractivity contribution in [2.75, 3.05) is 11.9 Å². The van der Waals surface area contributed by atoms with E-state index < -0.39 is 0 Å². The molecule has 6 heteroatoms. The Morgan fingerprint density at radius 2 is 2.09 bits per heavy atom. The molecule has 0 aliphatic heterocycles. The van der Waals surface area contributed by atoms with E-state index in [-0.39, 0.29) is 12.5 Å². The number of nitrogens with one attached hydrogen (secondary N) is 1. The molecule has 3 aromatic rings. The van der Waals surface area contributed by atoms with Crippen LogP contribution in [0, 0.1) is 6.92 Å². The molecule has 0 unspecified atom stereocenters. The Labute approximate surface area is 141 Å². The molecule has 23 heavy (non-hydrogen) atoms. The summed E-state index contributed by atoms with van der Waals surface area (Å²) in [7, 11) is 0. The van der Waals surface area contributed by atoms with Crippen molar-refractivity contribution in [1.29, 1.82) is 0 Å². The third-order valence-electron chi connectivity index (χ3n) is 3.20. The van der Waals surface area contributed by atoms with Crippen LogP contribution in [0.3, 0.4) is 0 Å². The number of carbonyl (C=O) groups excluding carboxylic acids is 1. The SMILES string of the molecule is Cc1cccc(NC(=O)COc2ncnc3ccc(Br)cc23)c1. The summed E-state index contributed by atoms with van der Waals surface area (Å²) in [5.74, 6) is 0.146. The van der Waals surface area contributed by atoms with Gasteiger partial charge in [-0.15, -0.1) is 0 Å². The molecule has 3 rings (SSSR count). The van der Waals surface area contributed by atoms with Crippen LogP contribution in [0.5, 0.6) is 5.88 Å². The maximum absolute atomic E-state index is 12.0. The van der Waals surface area contributed by atoms with Crippen molar-refractivity contribution >= 4 is 38.4 Å². The number of hydrogen-bond acceptors (Lipinski definition) is 4. The van der Waals surface area contributed by atoms with Gasteiger partial charge in [-0.05, 0) is 42.8 Å². The number of carbonyl (C=O) groups is 1. The van der Waals surface area contributed by atoms with Gasteiger partial charge in [-0.3, -0.25) is 4.79 Å². The molecule has 0 saturated carbocycles. The minimum atomic E-state index is -0.239.